The summed E-state index contributed by atoms with van der Waals surface area (Å²) in [5.41, 5.74) is 1.96. The van der Waals surface area contributed by atoms with Crippen molar-refractivity contribution in [3.63, 3.8) is 0 Å². The molecule has 90 valence electrons. The molecule has 0 amide bonds. The Labute approximate surface area is 130 Å². The Morgan fingerprint density at radius 1 is 0.778 bits per heavy atom. The van der Waals surface area contributed by atoms with Crippen molar-refractivity contribution in [2.75, 3.05) is 0 Å². The zero-order valence-corrected chi connectivity index (χ0v) is 12.5. The maximum Gasteiger partial charge on any atom is 0.0629 e. The molecule has 0 saturated carbocycles. The van der Waals surface area contributed by atoms with Crippen LogP contribution in [0.5, 0.6) is 0 Å². The van der Waals surface area contributed by atoms with E-state index >= 15 is 0 Å². The summed E-state index contributed by atoms with van der Waals surface area (Å²) in [6.07, 6.45) is 0. The number of hydrogen-bond acceptors (Lipinski definition) is 0. The number of halogens is 2. The summed E-state index contributed by atoms with van der Waals surface area (Å²) < 4.78 is 34.2. The van der Waals surface area contributed by atoms with Gasteiger partial charge < -0.3 is 0 Å². The van der Waals surface area contributed by atoms with Crippen LogP contribution >= 0.6 is 31.9 Å². The van der Waals surface area contributed by atoms with Crippen molar-refractivity contribution in [1.82, 2.24) is 0 Å². The molecule has 0 radical (unpaired) electrons. The van der Waals surface area contributed by atoms with Gasteiger partial charge in [0.2, 0.25) is 0 Å². The summed E-state index contributed by atoms with van der Waals surface area (Å²) in [5.74, 6) is 0. The third-order valence-electron chi connectivity index (χ3n) is 2.85. The highest BCUT2D eigenvalue weighted by atomic mass is 79.9. The molecule has 0 aromatic heterocycles. The van der Waals surface area contributed by atoms with Gasteiger partial charge in [0.1, 0.15) is 0 Å². The molecule has 1 aliphatic rings. The lowest BCUT2D eigenvalue weighted by molar-refractivity contribution is 0.931. The van der Waals surface area contributed by atoms with Crippen molar-refractivity contribution < 1.29 is 5.48 Å². The molecule has 3 rings (SSSR count). The monoisotopic (exact) mass is 366 g/mol. The Morgan fingerprint density at radius 3 is 1.61 bits per heavy atom. The van der Waals surface area contributed by atoms with Gasteiger partial charge in [-0.2, -0.15) is 0 Å². The summed E-state index contributed by atoms with van der Waals surface area (Å²) in [7, 11) is 0. The van der Waals surface area contributed by atoms with E-state index < -0.39 is 9.61 Å². The van der Waals surface area contributed by atoms with Crippen LogP contribution in [0.15, 0.2) is 48.5 Å². The number of rotatable bonds is 0. The molecule has 0 heterocycles. The number of benzene rings is 2. The van der Waals surface area contributed by atoms with E-state index in [9.17, 15) is 0 Å². The first kappa shape index (κ1) is 8.34. The normalized spacial score (nSPS) is 38.1. The molecule has 0 saturated heterocycles. The van der Waals surface area contributed by atoms with Gasteiger partial charge in [-0.25, -0.2) is 0 Å². The van der Waals surface area contributed by atoms with Gasteiger partial charge in [0, 0.05) is 2.74 Å². The van der Waals surface area contributed by atoms with Gasteiger partial charge in [0.05, 0.1) is 12.3 Å². The van der Waals surface area contributed by atoms with Crippen molar-refractivity contribution in [3.8, 4) is 0 Å². The molecule has 2 unspecified atom stereocenters. The predicted octanol–water partition coefficient (Wildman–Crippen LogP) is 5.74. The number of alkyl halides is 2. The standard InChI is InChI=1S/C16H12Br2/c17-15-13-7-3-1-5-11(13)9-10-12-6-2-4-8-14(12)16(15)18/h1-10,15-16H/b10-9-/i9D,10D,15D,16D. The fourth-order valence-corrected chi connectivity index (χ4v) is 3.06. The fourth-order valence-electron chi connectivity index (χ4n) is 1.94. The average Bonchev–Trinajstić information content (AvgIpc) is 2.52. The quantitative estimate of drug-likeness (QED) is 0.520. The second kappa shape index (κ2) is 5.02. The molecule has 2 aromatic rings. The molecule has 2 atom stereocenters. The highest BCUT2D eigenvalue weighted by molar-refractivity contribution is 9.12. The van der Waals surface area contributed by atoms with E-state index in [4.69, 9.17) is 5.48 Å². The molecule has 0 N–H and O–H groups in total. The van der Waals surface area contributed by atoms with Gasteiger partial charge in [-0.3, -0.25) is 0 Å². The lowest BCUT2D eigenvalue weighted by Crippen LogP contribution is -2.04. The Morgan fingerprint density at radius 2 is 1.17 bits per heavy atom. The van der Waals surface area contributed by atoms with Crippen LogP contribution in [0, 0.1) is 0 Å². The molecular formula is C16H12Br2. The smallest absolute Gasteiger partial charge is 0.0629 e. The van der Waals surface area contributed by atoms with Crippen LogP contribution < -0.4 is 0 Å². The van der Waals surface area contributed by atoms with Gasteiger partial charge in [0.15, 0.2) is 0 Å². The van der Waals surface area contributed by atoms with Crippen LogP contribution in [0.2, 0.25) is 0 Å². The summed E-state index contributed by atoms with van der Waals surface area (Å²) >= 11 is 6.76. The Bertz CT molecular complexity index is 716. The van der Waals surface area contributed by atoms with E-state index in [-0.39, 0.29) is 12.1 Å². The maximum atomic E-state index is 8.75. The molecular weight excluding hydrogens is 352 g/mol. The van der Waals surface area contributed by atoms with Crippen molar-refractivity contribution in [3.05, 3.63) is 70.8 Å². The Hall–Kier alpha value is -0.860. The second-order valence-electron chi connectivity index (χ2n) is 3.97. The zero-order chi connectivity index (χ0) is 16.1. The van der Waals surface area contributed by atoms with E-state index in [0.717, 1.165) is 0 Å². The van der Waals surface area contributed by atoms with E-state index in [1.807, 2.05) is 0 Å². The zero-order valence-electron chi connectivity index (χ0n) is 13.4. The van der Waals surface area contributed by atoms with E-state index in [1.165, 1.54) is 0 Å². The number of hydrogen-bond donors (Lipinski definition) is 0. The third-order valence-corrected chi connectivity index (χ3v) is 5.03. The first-order valence-electron chi connectivity index (χ1n) is 7.53. The Balaban J connectivity index is 2.49. The summed E-state index contributed by atoms with van der Waals surface area (Å²) in [5, 5.41) is 0. The molecule has 0 bridgehead atoms. The minimum absolute atomic E-state index is 0.0575. The van der Waals surface area contributed by atoms with Crippen LogP contribution in [0.1, 0.15) is 37.3 Å². The van der Waals surface area contributed by atoms with E-state index in [2.05, 4.69) is 31.9 Å². The van der Waals surface area contributed by atoms with Crippen molar-refractivity contribution >= 4 is 44.0 Å². The van der Waals surface area contributed by atoms with Crippen molar-refractivity contribution in [2.24, 2.45) is 0 Å². The molecule has 1 aliphatic carbocycles. The van der Waals surface area contributed by atoms with Crippen molar-refractivity contribution in [2.45, 2.75) is 9.61 Å². The van der Waals surface area contributed by atoms with Crippen LogP contribution in [-0.2, 0) is 0 Å². The minimum Gasteiger partial charge on any atom is -0.0823 e. The van der Waals surface area contributed by atoms with E-state index in [1.54, 1.807) is 48.5 Å². The van der Waals surface area contributed by atoms with Gasteiger partial charge in [-0.15, -0.1) is 0 Å². The lowest BCUT2D eigenvalue weighted by atomic mass is 9.93. The summed E-state index contributed by atoms with van der Waals surface area (Å²) in [4.78, 5) is -3.00. The van der Waals surface area contributed by atoms with Crippen molar-refractivity contribution in [1.29, 1.82) is 0 Å². The first-order chi connectivity index (χ1) is 10.3. The number of fused-ring (bicyclic) bond motifs is 2. The average molecular weight is 368 g/mol. The third kappa shape index (κ3) is 2.08. The Kier molecular flexibility index (Phi) is 2.33. The molecule has 2 heteroatoms. The lowest BCUT2D eigenvalue weighted by Gasteiger charge is -2.23. The molecule has 0 spiro atoms. The molecule has 0 nitrogen and oxygen atoms in total. The fraction of sp³-hybridized carbons (Fsp3) is 0.125. The van der Waals surface area contributed by atoms with Crippen LogP contribution in [0.4, 0.5) is 0 Å². The van der Waals surface area contributed by atoms with Gasteiger partial charge >= 0.3 is 0 Å². The topological polar surface area (TPSA) is 0 Å². The van der Waals surface area contributed by atoms with Crippen LogP contribution in [-0.4, -0.2) is 0 Å². The maximum absolute atomic E-state index is 8.75. The van der Waals surface area contributed by atoms with Gasteiger partial charge in [-0.05, 0) is 22.3 Å². The summed E-state index contributed by atoms with van der Waals surface area (Å²) in [6.45, 7) is 0. The molecule has 2 aromatic carbocycles. The van der Waals surface area contributed by atoms with Gasteiger partial charge in [0.25, 0.3) is 0 Å². The largest absolute Gasteiger partial charge is 0.0823 e. The second-order valence-corrected chi connectivity index (χ2v) is 5.56. The minimum atomic E-state index is -1.50. The highest BCUT2D eigenvalue weighted by Gasteiger charge is 2.24. The van der Waals surface area contributed by atoms with Crippen LogP contribution in [0.3, 0.4) is 0 Å². The highest BCUT2D eigenvalue weighted by Crippen LogP contribution is 2.46. The summed E-state index contributed by atoms with van der Waals surface area (Å²) in [6, 6.07) is 14.1. The first-order valence-corrected chi connectivity index (χ1v) is 7.12. The SMILES string of the molecule is [2H]/C1=C(\[2H])c2ccccc2C([2H])(Br)C([2H])(Br)c2ccccc21. The predicted molar refractivity (Wildman–Crippen MR) is 85.1 cm³/mol. The van der Waals surface area contributed by atoms with Crippen LogP contribution in [0.25, 0.3) is 12.1 Å². The molecule has 0 aliphatic heterocycles. The van der Waals surface area contributed by atoms with E-state index in [0.29, 0.717) is 22.3 Å². The molecule has 0 fully saturated rings. The van der Waals surface area contributed by atoms with Gasteiger partial charge in [-0.1, -0.05) is 92.5 Å². The molecule has 18 heavy (non-hydrogen) atoms.